The summed E-state index contributed by atoms with van der Waals surface area (Å²) in [6.07, 6.45) is 9.09. The molecule has 5 nitrogen and oxygen atoms in total. The van der Waals surface area contributed by atoms with Gasteiger partial charge in [0.15, 0.2) is 17.3 Å². The Balaban J connectivity index is 1.33. The Morgan fingerprint density at radius 1 is 0.719 bits per heavy atom. The SMILES string of the molecule is CCN1/C(=C/C=C2\CC/C(=C\C=C3/Oc4ccccc4N3CC)C2=O)Oc2ccccc21. The van der Waals surface area contributed by atoms with Gasteiger partial charge in [0, 0.05) is 24.2 Å². The van der Waals surface area contributed by atoms with Crippen LogP contribution in [0.4, 0.5) is 11.4 Å². The molecule has 2 aliphatic heterocycles. The summed E-state index contributed by atoms with van der Waals surface area (Å²) in [5.41, 5.74) is 3.73. The Morgan fingerprint density at radius 3 is 1.59 bits per heavy atom. The van der Waals surface area contributed by atoms with Crippen molar-refractivity contribution in [3.05, 3.63) is 95.7 Å². The Kier molecular flexibility index (Phi) is 5.31. The predicted octanol–water partition coefficient (Wildman–Crippen LogP) is 5.72. The Bertz CT molecular complexity index is 1100. The van der Waals surface area contributed by atoms with E-state index < -0.39 is 0 Å². The molecule has 0 bridgehead atoms. The highest BCUT2D eigenvalue weighted by Gasteiger charge is 2.27. The second-order valence-electron chi connectivity index (χ2n) is 7.85. The van der Waals surface area contributed by atoms with E-state index in [2.05, 4.69) is 23.6 Å². The van der Waals surface area contributed by atoms with E-state index in [1.165, 1.54) is 0 Å². The molecule has 0 radical (unpaired) electrons. The maximum Gasteiger partial charge on any atom is 0.200 e. The number of hydrogen-bond acceptors (Lipinski definition) is 5. The maximum atomic E-state index is 12.9. The summed E-state index contributed by atoms with van der Waals surface area (Å²) >= 11 is 0. The Morgan fingerprint density at radius 2 is 1.16 bits per heavy atom. The molecule has 1 aliphatic carbocycles. The third-order valence-corrected chi connectivity index (χ3v) is 6.01. The first-order valence-corrected chi connectivity index (χ1v) is 11.1. The van der Waals surface area contributed by atoms with E-state index in [0.29, 0.717) is 0 Å². The summed E-state index contributed by atoms with van der Waals surface area (Å²) < 4.78 is 12.0. The molecule has 32 heavy (non-hydrogen) atoms. The first-order valence-electron chi connectivity index (χ1n) is 11.1. The average Bonchev–Trinajstić information content (AvgIpc) is 3.48. The minimum Gasteiger partial charge on any atom is -0.439 e. The molecule has 2 heterocycles. The minimum atomic E-state index is 0.0934. The predicted molar refractivity (Wildman–Crippen MR) is 127 cm³/mol. The van der Waals surface area contributed by atoms with Crippen molar-refractivity contribution in [3.63, 3.8) is 0 Å². The molecule has 5 heteroatoms. The van der Waals surface area contributed by atoms with Crippen molar-refractivity contribution in [2.24, 2.45) is 0 Å². The van der Waals surface area contributed by atoms with Crippen LogP contribution in [0.3, 0.4) is 0 Å². The molecule has 5 rings (SSSR count). The van der Waals surface area contributed by atoms with Crippen LogP contribution >= 0.6 is 0 Å². The monoisotopic (exact) mass is 426 g/mol. The highest BCUT2D eigenvalue weighted by molar-refractivity contribution is 6.11. The Labute approximate surface area is 188 Å². The van der Waals surface area contributed by atoms with Gasteiger partial charge in [0.25, 0.3) is 0 Å². The normalized spacial score (nSPS) is 22.1. The van der Waals surface area contributed by atoms with Crippen molar-refractivity contribution in [2.45, 2.75) is 26.7 Å². The van der Waals surface area contributed by atoms with Gasteiger partial charge in [-0.1, -0.05) is 24.3 Å². The summed E-state index contributed by atoms with van der Waals surface area (Å²) in [5.74, 6) is 3.30. The van der Waals surface area contributed by atoms with Crippen molar-refractivity contribution < 1.29 is 14.3 Å². The highest BCUT2D eigenvalue weighted by Crippen LogP contribution is 2.39. The third-order valence-electron chi connectivity index (χ3n) is 6.01. The molecule has 2 aromatic rings. The number of para-hydroxylation sites is 4. The standard InChI is InChI=1S/C27H26N2O3/c1-3-28-21-9-5-7-11-23(21)31-25(28)17-15-19-13-14-20(27(19)30)16-18-26-29(4-2)22-10-6-8-12-24(22)32-26/h5-12,15-18H,3-4,13-14H2,1-2H3/b19-15+,20-16+,25-17-,26-18-. The number of allylic oxidation sites excluding steroid dienone is 6. The Hall–Kier alpha value is -3.73. The van der Waals surface area contributed by atoms with Crippen molar-refractivity contribution in [3.8, 4) is 11.5 Å². The summed E-state index contributed by atoms with van der Waals surface area (Å²) in [6, 6.07) is 16.0. The number of hydrogen-bond donors (Lipinski definition) is 0. The van der Waals surface area contributed by atoms with E-state index in [9.17, 15) is 4.79 Å². The molecule has 0 spiro atoms. The van der Waals surface area contributed by atoms with Crippen molar-refractivity contribution in [2.75, 3.05) is 22.9 Å². The molecule has 0 amide bonds. The van der Waals surface area contributed by atoms with Crippen LogP contribution in [-0.4, -0.2) is 18.9 Å². The van der Waals surface area contributed by atoms with Gasteiger partial charge in [0.2, 0.25) is 11.8 Å². The van der Waals surface area contributed by atoms with Crippen molar-refractivity contribution in [1.82, 2.24) is 0 Å². The number of rotatable bonds is 4. The molecule has 0 atom stereocenters. The molecular weight excluding hydrogens is 400 g/mol. The van der Waals surface area contributed by atoms with Crippen LogP contribution in [0, 0.1) is 0 Å². The van der Waals surface area contributed by atoms with Gasteiger partial charge in [-0.3, -0.25) is 4.79 Å². The zero-order valence-corrected chi connectivity index (χ0v) is 18.4. The molecule has 0 N–H and O–H groups in total. The van der Waals surface area contributed by atoms with E-state index in [1.807, 2.05) is 72.8 Å². The van der Waals surface area contributed by atoms with Gasteiger partial charge in [-0.15, -0.1) is 0 Å². The molecule has 0 saturated heterocycles. The molecule has 0 aromatic heterocycles. The first kappa shape index (κ1) is 20.2. The summed E-state index contributed by atoms with van der Waals surface area (Å²) in [5, 5.41) is 0. The van der Waals surface area contributed by atoms with E-state index in [1.54, 1.807) is 0 Å². The first-order chi connectivity index (χ1) is 15.7. The number of fused-ring (bicyclic) bond motifs is 2. The lowest BCUT2D eigenvalue weighted by Crippen LogP contribution is -2.19. The van der Waals surface area contributed by atoms with Crippen LogP contribution in [-0.2, 0) is 4.79 Å². The highest BCUT2D eigenvalue weighted by atomic mass is 16.5. The van der Waals surface area contributed by atoms with Crippen LogP contribution < -0.4 is 19.3 Å². The maximum absolute atomic E-state index is 12.9. The zero-order valence-electron chi connectivity index (χ0n) is 18.4. The molecule has 1 saturated carbocycles. The van der Waals surface area contributed by atoms with Gasteiger partial charge in [0.1, 0.15) is 0 Å². The fourth-order valence-electron chi connectivity index (χ4n) is 4.37. The fraction of sp³-hybridized carbons (Fsp3) is 0.222. The summed E-state index contributed by atoms with van der Waals surface area (Å²) in [6.45, 7) is 5.78. The van der Waals surface area contributed by atoms with Crippen LogP contribution in [0.15, 0.2) is 95.7 Å². The average molecular weight is 427 g/mol. The topological polar surface area (TPSA) is 42.0 Å². The molecular formula is C27H26N2O3. The minimum absolute atomic E-state index is 0.0934. The number of Topliss-reactive ketones (excluding diaryl/α,β-unsaturated/α-hetero) is 1. The van der Waals surface area contributed by atoms with Gasteiger partial charge >= 0.3 is 0 Å². The van der Waals surface area contributed by atoms with Gasteiger partial charge in [-0.05, 0) is 75.3 Å². The molecule has 0 unspecified atom stereocenters. The van der Waals surface area contributed by atoms with Crippen molar-refractivity contribution in [1.29, 1.82) is 0 Å². The largest absolute Gasteiger partial charge is 0.439 e. The fourth-order valence-corrected chi connectivity index (χ4v) is 4.37. The quantitative estimate of drug-likeness (QED) is 0.585. The number of ketones is 1. The summed E-state index contributed by atoms with van der Waals surface area (Å²) in [7, 11) is 0. The number of benzene rings is 2. The number of anilines is 2. The second-order valence-corrected chi connectivity index (χ2v) is 7.85. The van der Waals surface area contributed by atoms with E-state index in [0.717, 1.165) is 71.7 Å². The zero-order chi connectivity index (χ0) is 22.1. The van der Waals surface area contributed by atoms with Crippen LogP contribution in [0.2, 0.25) is 0 Å². The molecule has 1 fully saturated rings. The van der Waals surface area contributed by atoms with Gasteiger partial charge in [0.05, 0.1) is 11.4 Å². The van der Waals surface area contributed by atoms with Crippen LogP contribution in [0.5, 0.6) is 11.5 Å². The lowest BCUT2D eigenvalue weighted by Gasteiger charge is -2.15. The number of carbonyl (C=O) groups excluding carboxylic acids is 1. The van der Waals surface area contributed by atoms with Gasteiger partial charge < -0.3 is 19.3 Å². The third kappa shape index (κ3) is 3.50. The number of ether oxygens (including phenoxy) is 2. The molecule has 162 valence electrons. The smallest absolute Gasteiger partial charge is 0.200 e. The van der Waals surface area contributed by atoms with E-state index in [4.69, 9.17) is 9.47 Å². The second kappa shape index (κ2) is 8.42. The van der Waals surface area contributed by atoms with Gasteiger partial charge in [-0.25, -0.2) is 0 Å². The lowest BCUT2D eigenvalue weighted by molar-refractivity contribution is -0.111. The van der Waals surface area contributed by atoms with E-state index >= 15 is 0 Å². The van der Waals surface area contributed by atoms with Gasteiger partial charge in [-0.2, -0.15) is 0 Å². The van der Waals surface area contributed by atoms with Crippen LogP contribution in [0.1, 0.15) is 26.7 Å². The summed E-state index contributed by atoms with van der Waals surface area (Å²) in [4.78, 5) is 17.2. The number of nitrogens with zero attached hydrogens (tertiary/aromatic N) is 2. The molecule has 3 aliphatic rings. The lowest BCUT2D eigenvalue weighted by atomic mass is 10.1. The van der Waals surface area contributed by atoms with Crippen LogP contribution in [0.25, 0.3) is 0 Å². The number of carbonyl (C=O) groups is 1. The van der Waals surface area contributed by atoms with E-state index in [-0.39, 0.29) is 5.78 Å². The molecule has 2 aromatic carbocycles. The van der Waals surface area contributed by atoms with Crippen molar-refractivity contribution >= 4 is 17.2 Å².